The number of hydrogen-bond donors (Lipinski definition) is 1. The van der Waals surface area contributed by atoms with Crippen molar-refractivity contribution >= 4 is 5.69 Å². The topological polar surface area (TPSA) is 41.1 Å². The first-order valence-corrected chi connectivity index (χ1v) is 6.10. The number of nitrogens with one attached hydrogen (secondary N) is 1. The number of likely N-dealkylation sites (tertiary alicyclic amines) is 1. The van der Waals surface area contributed by atoms with Gasteiger partial charge in [0, 0.05) is 24.7 Å². The van der Waals surface area contributed by atoms with Crippen LogP contribution in [0.3, 0.4) is 0 Å². The van der Waals surface area contributed by atoms with Crippen LogP contribution in [-0.2, 0) is 0 Å². The largest absolute Gasteiger partial charge is 0.378 e. The fourth-order valence-corrected chi connectivity index (χ4v) is 2.69. The van der Waals surface area contributed by atoms with Crippen LogP contribution >= 0.6 is 0 Å². The van der Waals surface area contributed by atoms with Crippen molar-refractivity contribution in [1.82, 2.24) is 14.9 Å². The van der Waals surface area contributed by atoms with Crippen molar-refractivity contribution in [2.75, 3.05) is 11.9 Å². The molecular formula is C12H18N4. The Hall–Kier alpha value is -1.16. The molecule has 1 aromatic rings. The van der Waals surface area contributed by atoms with Crippen LogP contribution < -0.4 is 5.32 Å². The van der Waals surface area contributed by atoms with Gasteiger partial charge in [0.15, 0.2) is 0 Å². The van der Waals surface area contributed by atoms with Gasteiger partial charge in [-0.3, -0.25) is 4.90 Å². The Morgan fingerprint density at radius 2 is 2.06 bits per heavy atom. The maximum Gasteiger partial charge on any atom is 0.115 e. The maximum absolute atomic E-state index is 4.03. The van der Waals surface area contributed by atoms with Crippen LogP contribution in [0.1, 0.15) is 26.2 Å². The van der Waals surface area contributed by atoms with Crippen molar-refractivity contribution in [3.05, 3.63) is 18.7 Å². The van der Waals surface area contributed by atoms with Crippen LogP contribution in [0.5, 0.6) is 0 Å². The van der Waals surface area contributed by atoms with E-state index in [0.29, 0.717) is 6.04 Å². The van der Waals surface area contributed by atoms with Gasteiger partial charge in [0.2, 0.25) is 0 Å². The molecule has 1 aromatic heterocycles. The summed E-state index contributed by atoms with van der Waals surface area (Å²) in [6, 6.07) is 2.14. The molecule has 0 spiro atoms. The molecule has 86 valence electrons. The average Bonchev–Trinajstić information content (AvgIpc) is 3.06. The van der Waals surface area contributed by atoms with E-state index in [9.17, 15) is 0 Å². The molecule has 16 heavy (non-hydrogen) atoms. The molecule has 0 radical (unpaired) electrons. The van der Waals surface area contributed by atoms with E-state index < -0.39 is 0 Å². The summed E-state index contributed by atoms with van der Waals surface area (Å²) in [6.07, 6.45) is 9.27. The van der Waals surface area contributed by atoms with Gasteiger partial charge >= 0.3 is 0 Å². The second-order valence-corrected chi connectivity index (χ2v) is 4.98. The number of nitrogens with zero attached hydrogens (tertiary/aromatic N) is 3. The lowest BCUT2D eigenvalue weighted by molar-refractivity contribution is 0.257. The molecule has 4 nitrogen and oxygen atoms in total. The van der Waals surface area contributed by atoms with Crippen molar-refractivity contribution in [3.8, 4) is 0 Å². The van der Waals surface area contributed by atoms with Crippen LogP contribution in [0.25, 0.3) is 0 Å². The van der Waals surface area contributed by atoms with E-state index in [2.05, 4.69) is 27.1 Å². The van der Waals surface area contributed by atoms with Crippen molar-refractivity contribution in [1.29, 1.82) is 0 Å². The predicted molar refractivity (Wildman–Crippen MR) is 63.2 cm³/mol. The Morgan fingerprint density at radius 3 is 2.75 bits per heavy atom. The van der Waals surface area contributed by atoms with E-state index in [1.807, 2.05) is 12.4 Å². The third-order valence-corrected chi connectivity index (χ3v) is 3.57. The van der Waals surface area contributed by atoms with Crippen LogP contribution in [-0.4, -0.2) is 39.5 Å². The van der Waals surface area contributed by atoms with Gasteiger partial charge in [-0.2, -0.15) is 0 Å². The van der Waals surface area contributed by atoms with Crippen LogP contribution in [0.2, 0.25) is 0 Å². The Kier molecular flexibility index (Phi) is 2.52. The SMILES string of the molecule is CC1CC(Nc2cncnc2)CN1C1CC1. The lowest BCUT2D eigenvalue weighted by Crippen LogP contribution is -2.31. The predicted octanol–water partition coefficient (Wildman–Crippen LogP) is 1.51. The fourth-order valence-electron chi connectivity index (χ4n) is 2.69. The highest BCUT2D eigenvalue weighted by Crippen LogP contribution is 2.33. The molecular weight excluding hydrogens is 200 g/mol. The van der Waals surface area contributed by atoms with E-state index in [4.69, 9.17) is 0 Å². The zero-order valence-corrected chi connectivity index (χ0v) is 9.63. The first kappa shape index (κ1) is 10.0. The molecule has 4 heteroatoms. The van der Waals surface area contributed by atoms with Crippen LogP contribution in [0.4, 0.5) is 5.69 Å². The zero-order chi connectivity index (χ0) is 11.0. The third kappa shape index (κ3) is 2.02. The quantitative estimate of drug-likeness (QED) is 0.835. The molecule has 2 aliphatic rings. The van der Waals surface area contributed by atoms with Gasteiger partial charge in [0.05, 0.1) is 18.1 Å². The summed E-state index contributed by atoms with van der Waals surface area (Å²) in [5, 5.41) is 3.52. The molecule has 0 aromatic carbocycles. The molecule has 2 heterocycles. The standard InChI is InChI=1S/C12H18N4/c1-9-4-10(7-16(9)12-2-3-12)15-11-5-13-8-14-6-11/h5-6,8-10,12,15H,2-4,7H2,1H3. The lowest BCUT2D eigenvalue weighted by atomic mass is 10.2. The minimum absolute atomic E-state index is 0.557. The molecule has 1 saturated carbocycles. The minimum atomic E-state index is 0.557. The summed E-state index contributed by atoms with van der Waals surface area (Å²) in [5.74, 6) is 0. The average molecular weight is 218 g/mol. The van der Waals surface area contributed by atoms with Gasteiger partial charge in [0.25, 0.3) is 0 Å². The number of aromatic nitrogens is 2. The molecule has 0 amide bonds. The third-order valence-electron chi connectivity index (χ3n) is 3.57. The normalized spacial score (nSPS) is 30.6. The van der Waals surface area contributed by atoms with Gasteiger partial charge < -0.3 is 5.32 Å². The van der Waals surface area contributed by atoms with Gasteiger partial charge in [0.1, 0.15) is 6.33 Å². The highest BCUT2D eigenvalue weighted by atomic mass is 15.3. The van der Waals surface area contributed by atoms with Crippen molar-refractivity contribution in [2.45, 2.75) is 44.3 Å². The fraction of sp³-hybridized carbons (Fsp3) is 0.667. The summed E-state index contributed by atoms with van der Waals surface area (Å²) >= 11 is 0. The van der Waals surface area contributed by atoms with Crippen LogP contribution in [0, 0.1) is 0 Å². The molecule has 2 atom stereocenters. The minimum Gasteiger partial charge on any atom is -0.378 e. The Labute approximate surface area is 96.1 Å². The maximum atomic E-state index is 4.03. The number of hydrogen-bond acceptors (Lipinski definition) is 4. The summed E-state index contributed by atoms with van der Waals surface area (Å²) < 4.78 is 0. The monoisotopic (exact) mass is 218 g/mol. The highest BCUT2D eigenvalue weighted by Gasteiger charge is 2.38. The molecule has 2 fully saturated rings. The summed E-state index contributed by atoms with van der Waals surface area (Å²) in [4.78, 5) is 10.7. The first-order chi connectivity index (χ1) is 7.83. The zero-order valence-electron chi connectivity index (χ0n) is 9.63. The summed E-state index contributed by atoms with van der Waals surface area (Å²) in [6.45, 7) is 3.50. The number of anilines is 1. The Balaban J connectivity index is 1.61. The van der Waals surface area contributed by atoms with Crippen molar-refractivity contribution in [3.63, 3.8) is 0 Å². The second kappa shape index (κ2) is 4.01. The number of rotatable bonds is 3. The molecule has 1 saturated heterocycles. The smallest absolute Gasteiger partial charge is 0.115 e. The molecule has 1 aliphatic heterocycles. The second-order valence-electron chi connectivity index (χ2n) is 4.98. The Morgan fingerprint density at radius 1 is 1.31 bits per heavy atom. The van der Waals surface area contributed by atoms with Gasteiger partial charge in [-0.25, -0.2) is 9.97 Å². The summed E-state index contributed by atoms with van der Waals surface area (Å²) in [7, 11) is 0. The van der Waals surface area contributed by atoms with Gasteiger partial charge in [-0.05, 0) is 26.2 Å². The van der Waals surface area contributed by atoms with Crippen LogP contribution in [0.15, 0.2) is 18.7 Å². The summed E-state index contributed by atoms with van der Waals surface area (Å²) in [5.41, 5.74) is 1.04. The van der Waals surface area contributed by atoms with E-state index in [1.165, 1.54) is 25.8 Å². The van der Waals surface area contributed by atoms with E-state index in [-0.39, 0.29) is 0 Å². The van der Waals surface area contributed by atoms with E-state index >= 15 is 0 Å². The highest BCUT2D eigenvalue weighted by molar-refractivity contribution is 5.38. The lowest BCUT2D eigenvalue weighted by Gasteiger charge is -2.19. The molecule has 3 rings (SSSR count). The van der Waals surface area contributed by atoms with Gasteiger partial charge in [-0.15, -0.1) is 0 Å². The molecule has 2 unspecified atom stereocenters. The Bertz CT molecular complexity index is 349. The molecule has 1 N–H and O–H groups in total. The van der Waals surface area contributed by atoms with Crippen molar-refractivity contribution in [2.24, 2.45) is 0 Å². The van der Waals surface area contributed by atoms with Crippen molar-refractivity contribution < 1.29 is 0 Å². The van der Waals surface area contributed by atoms with E-state index in [1.54, 1.807) is 6.33 Å². The van der Waals surface area contributed by atoms with Gasteiger partial charge in [-0.1, -0.05) is 0 Å². The van der Waals surface area contributed by atoms with E-state index in [0.717, 1.165) is 17.8 Å². The molecule has 1 aliphatic carbocycles. The molecule has 0 bridgehead atoms. The first-order valence-electron chi connectivity index (χ1n) is 6.10.